The van der Waals surface area contributed by atoms with E-state index in [4.69, 9.17) is 23.2 Å². The van der Waals surface area contributed by atoms with E-state index in [0.29, 0.717) is 33.4 Å². The van der Waals surface area contributed by atoms with Crippen LogP contribution in [0.15, 0.2) is 108 Å². The van der Waals surface area contributed by atoms with Crippen LogP contribution in [0, 0.1) is 6.92 Å². The summed E-state index contributed by atoms with van der Waals surface area (Å²) >= 11 is 13.5. The van der Waals surface area contributed by atoms with Gasteiger partial charge in [0.2, 0.25) is 5.91 Å². The van der Waals surface area contributed by atoms with E-state index < -0.39 is 17.1 Å². The molecule has 6 nitrogen and oxygen atoms in total. The van der Waals surface area contributed by atoms with Crippen molar-refractivity contribution in [2.75, 3.05) is 10.6 Å². The van der Waals surface area contributed by atoms with Gasteiger partial charge in [-0.3, -0.25) is 14.4 Å². The maximum atomic E-state index is 13.5. The molecule has 42 heavy (non-hydrogen) atoms. The van der Waals surface area contributed by atoms with E-state index in [9.17, 15) is 14.4 Å². The first-order chi connectivity index (χ1) is 20.2. The second kappa shape index (κ2) is 14.7. The van der Waals surface area contributed by atoms with E-state index in [2.05, 4.69) is 16.0 Å². The molecule has 3 amide bonds. The zero-order valence-corrected chi connectivity index (χ0v) is 25.3. The van der Waals surface area contributed by atoms with Crippen LogP contribution in [0.25, 0.3) is 6.08 Å². The maximum absolute atomic E-state index is 13.5. The molecule has 0 aromatic heterocycles. The van der Waals surface area contributed by atoms with E-state index in [1.54, 1.807) is 66.7 Å². The van der Waals surface area contributed by atoms with Gasteiger partial charge in [-0.25, -0.2) is 0 Å². The zero-order chi connectivity index (χ0) is 30.1. The van der Waals surface area contributed by atoms with Crippen molar-refractivity contribution in [2.24, 2.45) is 0 Å². The van der Waals surface area contributed by atoms with E-state index in [1.165, 1.54) is 11.8 Å². The fourth-order valence-corrected chi connectivity index (χ4v) is 5.57. The normalized spacial score (nSPS) is 11.9. The van der Waals surface area contributed by atoms with Gasteiger partial charge in [0.15, 0.2) is 0 Å². The number of nitrogens with one attached hydrogen (secondary N) is 3. The molecule has 0 radical (unpaired) electrons. The monoisotopic (exact) mass is 617 g/mol. The van der Waals surface area contributed by atoms with Gasteiger partial charge >= 0.3 is 0 Å². The van der Waals surface area contributed by atoms with Crippen LogP contribution in [0.2, 0.25) is 10.0 Å². The molecule has 4 aromatic carbocycles. The summed E-state index contributed by atoms with van der Waals surface area (Å²) in [7, 11) is 0. The third-order valence-electron chi connectivity index (χ3n) is 6.18. The average molecular weight is 619 g/mol. The van der Waals surface area contributed by atoms with Gasteiger partial charge in [0.1, 0.15) is 5.70 Å². The van der Waals surface area contributed by atoms with Crippen molar-refractivity contribution >= 4 is 70.1 Å². The lowest BCUT2D eigenvalue weighted by atomic mass is 10.1. The highest BCUT2D eigenvalue weighted by molar-refractivity contribution is 8.00. The number of amides is 3. The summed E-state index contributed by atoms with van der Waals surface area (Å²) < 4.78 is 0. The van der Waals surface area contributed by atoms with Crippen molar-refractivity contribution < 1.29 is 14.4 Å². The third kappa shape index (κ3) is 8.73. The minimum atomic E-state index is -0.479. The molecule has 9 heteroatoms. The summed E-state index contributed by atoms with van der Waals surface area (Å²) in [6.45, 7) is 3.86. The largest absolute Gasteiger partial charge is 0.325 e. The average Bonchev–Trinajstić information content (AvgIpc) is 2.96. The molecule has 1 atom stereocenters. The highest BCUT2D eigenvalue weighted by Gasteiger charge is 2.20. The van der Waals surface area contributed by atoms with Crippen molar-refractivity contribution in [3.05, 3.63) is 129 Å². The van der Waals surface area contributed by atoms with Crippen LogP contribution in [0.1, 0.15) is 34.8 Å². The standard InChI is InChI=1S/C33H29Cl2N3O3S/c1-3-30(33(41)37-27-18-24(34)17-25(35)19-27)42-28-15-9-14-26(20-28)36-32(40)29(16-23-13-8-7-10-21(23)2)38-31(39)22-11-5-4-6-12-22/h4-20,30H,3H2,1-2H3,(H,36,40)(H,37,41)(H,38,39)/b29-16-. The number of thioether (sulfide) groups is 1. The molecule has 3 N–H and O–H groups in total. The van der Waals surface area contributed by atoms with E-state index in [0.717, 1.165) is 16.0 Å². The van der Waals surface area contributed by atoms with E-state index in [1.807, 2.05) is 50.2 Å². The van der Waals surface area contributed by atoms with Gasteiger partial charge in [-0.05, 0) is 79.1 Å². The smallest absolute Gasteiger partial charge is 0.272 e. The van der Waals surface area contributed by atoms with Crippen molar-refractivity contribution in [3.8, 4) is 0 Å². The van der Waals surface area contributed by atoms with Gasteiger partial charge < -0.3 is 16.0 Å². The number of hydrogen-bond donors (Lipinski definition) is 3. The van der Waals surface area contributed by atoms with E-state index >= 15 is 0 Å². The van der Waals surface area contributed by atoms with E-state index in [-0.39, 0.29) is 11.6 Å². The number of aryl methyl sites for hydroxylation is 1. The molecule has 0 aliphatic rings. The summed E-state index contributed by atoms with van der Waals surface area (Å²) in [5.41, 5.74) is 3.33. The van der Waals surface area contributed by atoms with Crippen molar-refractivity contribution in [1.82, 2.24) is 5.32 Å². The van der Waals surface area contributed by atoms with Crippen molar-refractivity contribution in [3.63, 3.8) is 0 Å². The summed E-state index contributed by atoms with van der Waals surface area (Å²) in [6, 6.07) is 28.4. The first kappa shape index (κ1) is 30.9. The Morgan fingerprint density at radius 1 is 0.810 bits per heavy atom. The number of anilines is 2. The highest BCUT2D eigenvalue weighted by Crippen LogP contribution is 2.30. The molecule has 0 aliphatic carbocycles. The number of benzene rings is 4. The van der Waals surface area contributed by atoms with Crippen LogP contribution in [0.3, 0.4) is 0 Å². The lowest BCUT2D eigenvalue weighted by molar-refractivity contribution is -0.116. The second-order valence-electron chi connectivity index (χ2n) is 9.38. The summed E-state index contributed by atoms with van der Waals surface area (Å²) in [5.74, 6) is -1.07. The fraction of sp³-hybridized carbons (Fsp3) is 0.121. The Labute approximate surface area is 259 Å². The minimum Gasteiger partial charge on any atom is -0.325 e. The molecule has 0 fully saturated rings. The first-order valence-corrected chi connectivity index (χ1v) is 14.8. The SMILES string of the molecule is CCC(Sc1cccc(NC(=O)/C(=C/c2ccccc2C)NC(=O)c2ccccc2)c1)C(=O)Nc1cc(Cl)cc(Cl)c1. The number of halogens is 2. The molecule has 0 bridgehead atoms. The molecule has 4 aromatic rings. The lowest BCUT2D eigenvalue weighted by Gasteiger charge is -2.16. The molecule has 0 aliphatic heterocycles. The number of carbonyl (C=O) groups is 3. The summed E-state index contributed by atoms with van der Waals surface area (Å²) in [4.78, 5) is 40.2. The second-order valence-corrected chi connectivity index (χ2v) is 11.5. The number of hydrogen-bond acceptors (Lipinski definition) is 4. The van der Waals surface area contributed by atoms with Gasteiger partial charge in [0.25, 0.3) is 11.8 Å². The van der Waals surface area contributed by atoms with Gasteiger partial charge in [-0.1, -0.05) is 78.7 Å². The van der Waals surface area contributed by atoms with Crippen LogP contribution in [-0.2, 0) is 9.59 Å². The lowest BCUT2D eigenvalue weighted by Crippen LogP contribution is -2.30. The Hall–Kier alpha value is -4.04. The predicted octanol–water partition coefficient (Wildman–Crippen LogP) is 8.22. The number of rotatable bonds is 10. The minimum absolute atomic E-state index is 0.0993. The zero-order valence-electron chi connectivity index (χ0n) is 23.0. The molecule has 1 unspecified atom stereocenters. The predicted molar refractivity (Wildman–Crippen MR) is 173 cm³/mol. The van der Waals surface area contributed by atoms with Crippen LogP contribution >= 0.6 is 35.0 Å². The third-order valence-corrected chi connectivity index (χ3v) is 7.98. The van der Waals surface area contributed by atoms with Gasteiger partial charge in [0, 0.05) is 31.9 Å². The summed E-state index contributed by atoms with van der Waals surface area (Å²) in [5, 5.41) is 8.97. The molecule has 0 heterocycles. The van der Waals surface area contributed by atoms with Crippen molar-refractivity contribution in [1.29, 1.82) is 0 Å². The molecule has 4 rings (SSSR count). The Bertz CT molecular complexity index is 1610. The first-order valence-electron chi connectivity index (χ1n) is 13.2. The van der Waals surface area contributed by atoms with Crippen LogP contribution in [-0.4, -0.2) is 23.0 Å². The Morgan fingerprint density at radius 2 is 1.50 bits per heavy atom. The molecular formula is C33H29Cl2N3O3S. The van der Waals surface area contributed by atoms with Crippen LogP contribution in [0.4, 0.5) is 11.4 Å². The van der Waals surface area contributed by atoms with Crippen LogP contribution < -0.4 is 16.0 Å². The summed E-state index contributed by atoms with van der Waals surface area (Å²) in [6.07, 6.45) is 2.22. The molecular weight excluding hydrogens is 589 g/mol. The molecule has 0 spiro atoms. The quantitative estimate of drug-likeness (QED) is 0.124. The van der Waals surface area contributed by atoms with Gasteiger partial charge in [-0.15, -0.1) is 11.8 Å². The maximum Gasteiger partial charge on any atom is 0.272 e. The number of carbonyl (C=O) groups excluding carboxylic acids is 3. The Balaban J connectivity index is 1.51. The molecule has 0 saturated carbocycles. The van der Waals surface area contributed by atoms with Gasteiger partial charge in [-0.2, -0.15) is 0 Å². The molecule has 0 saturated heterocycles. The topological polar surface area (TPSA) is 87.3 Å². The highest BCUT2D eigenvalue weighted by atomic mass is 35.5. The Morgan fingerprint density at radius 3 is 2.19 bits per heavy atom. The van der Waals surface area contributed by atoms with Crippen LogP contribution in [0.5, 0.6) is 0 Å². The fourth-order valence-electron chi connectivity index (χ4n) is 4.03. The van der Waals surface area contributed by atoms with Gasteiger partial charge in [0.05, 0.1) is 5.25 Å². The molecule has 214 valence electrons. The van der Waals surface area contributed by atoms with Crippen molar-refractivity contribution in [2.45, 2.75) is 30.4 Å². The Kier molecular flexibility index (Phi) is 10.8.